The van der Waals surface area contributed by atoms with E-state index in [4.69, 9.17) is 17.0 Å². The van der Waals surface area contributed by atoms with Crippen molar-refractivity contribution >= 4 is 12.2 Å². The Balaban J connectivity index is 2.40. The first-order chi connectivity index (χ1) is 7.79. The maximum absolute atomic E-state index is 5.46. The molecule has 0 bridgehead atoms. The lowest BCUT2D eigenvalue weighted by Crippen LogP contribution is -1.91. The molecule has 1 N–H and O–H groups in total. The summed E-state index contributed by atoms with van der Waals surface area (Å²) >= 11 is 5.13. The van der Waals surface area contributed by atoms with Gasteiger partial charge in [0.25, 0.3) is 0 Å². The molecule has 0 aliphatic heterocycles. The minimum atomic E-state index is 0.675. The Morgan fingerprint density at radius 2 is 2.12 bits per heavy atom. The van der Waals surface area contributed by atoms with Crippen molar-refractivity contribution in [2.24, 2.45) is 0 Å². The lowest BCUT2D eigenvalue weighted by Gasteiger charge is -2.06. The van der Waals surface area contributed by atoms with Gasteiger partial charge >= 0.3 is 0 Å². The molecular formula is C13H13NOS. The first-order valence-corrected chi connectivity index (χ1v) is 5.62. The highest BCUT2D eigenvalue weighted by Crippen LogP contribution is 2.22. The lowest BCUT2D eigenvalue weighted by atomic mass is 10.1. The van der Waals surface area contributed by atoms with Crippen molar-refractivity contribution < 1.29 is 4.74 Å². The van der Waals surface area contributed by atoms with Crippen LogP contribution in [0.15, 0.2) is 42.6 Å². The molecule has 2 nitrogen and oxygen atoms in total. The Bertz CT molecular complexity index is 533. The molecule has 0 aliphatic carbocycles. The molecule has 0 unspecified atom stereocenters. The van der Waals surface area contributed by atoms with Gasteiger partial charge in [-0.25, -0.2) is 0 Å². The minimum Gasteiger partial charge on any atom is -0.494 e. The summed E-state index contributed by atoms with van der Waals surface area (Å²) in [5.41, 5.74) is 2.09. The number of ether oxygens (including phenoxy) is 1. The van der Waals surface area contributed by atoms with Gasteiger partial charge < -0.3 is 9.72 Å². The van der Waals surface area contributed by atoms with E-state index < -0.39 is 0 Å². The van der Waals surface area contributed by atoms with Gasteiger partial charge in [-0.05, 0) is 31.2 Å². The molecule has 0 aliphatic rings. The Labute approximate surface area is 99.9 Å². The van der Waals surface area contributed by atoms with E-state index in [1.807, 2.05) is 49.5 Å². The van der Waals surface area contributed by atoms with E-state index in [-0.39, 0.29) is 0 Å². The third-order valence-electron chi connectivity index (χ3n) is 2.23. The van der Waals surface area contributed by atoms with E-state index in [0.29, 0.717) is 6.61 Å². The van der Waals surface area contributed by atoms with Crippen LogP contribution in [0.5, 0.6) is 5.75 Å². The fraction of sp³-hybridized carbons (Fsp3) is 0.154. The number of aromatic nitrogens is 1. The standard InChI is InChI=1S/C13H13NOS/c1-2-15-11-5-3-4-10(8-11)13-9-12(16)6-7-14-13/h3-9H,2H2,1H3,(H,14,16). The molecule has 1 heterocycles. The van der Waals surface area contributed by atoms with Crippen LogP contribution in [-0.2, 0) is 0 Å². The van der Waals surface area contributed by atoms with Crippen molar-refractivity contribution in [3.05, 3.63) is 47.1 Å². The fourth-order valence-electron chi connectivity index (χ4n) is 1.53. The number of rotatable bonds is 3. The van der Waals surface area contributed by atoms with Gasteiger partial charge in [-0.15, -0.1) is 0 Å². The highest BCUT2D eigenvalue weighted by Gasteiger charge is 1.99. The largest absolute Gasteiger partial charge is 0.494 e. The van der Waals surface area contributed by atoms with Crippen LogP contribution in [0.3, 0.4) is 0 Å². The molecule has 0 amide bonds. The normalized spacial score (nSPS) is 10.1. The zero-order valence-electron chi connectivity index (χ0n) is 9.07. The van der Waals surface area contributed by atoms with Crippen LogP contribution in [0.4, 0.5) is 0 Å². The van der Waals surface area contributed by atoms with Gasteiger partial charge in [0.2, 0.25) is 0 Å². The SMILES string of the molecule is CCOc1cccc(-c2cc(=S)cc[nH]2)c1. The smallest absolute Gasteiger partial charge is 0.119 e. The molecule has 0 saturated carbocycles. The molecule has 0 spiro atoms. The monoisotopic (exact) mass is 231 g/mol. The molecule has 82 valence electrons. The van der Waals surface area contributed by atoms with Crippen LogP contribution in [0.1, 0.15) is 6.92 Å². The first kappa shape index (κ1) is 10.9. The maximum Gasteiger partial charge on any atom is 0.119 e. The van der Waals surface area contributed by atoms with E-state index in [1.165, 1.54) is 0 Å². The summed E-state index contributed by atoms with van der Waals surface area (Å²) in [6.07, 6.45) is 1.85. The van der Waals surface area contributed by atoms with Crippen LogP contribution >= 0.6 is 12.2 Å². The van der Waals surface area contributed by atoms with Gasteiger partial charge in [0, 0.05) is 22.0 Å². The van der Waals surface area contributed by atoms with Gasteiger partial charge in [-0.1, -0.05) is 24.4 Å². The molecule has 1 aromatic heterocycles. The molecule has 0 fully saturated rings. The number of hydrogen-bond donors (Lipinski definition) is 1. The Morgan fingerprint density at radius 3 is 2.88 bits per heavy atom. The van der Waals surface area contributed by atoms with Crippen LogP contribution in [0.2, 0.25) is 0 Å². The summed E-state index contributed by atoms with van der Waals surface area (Å²) in [6, 6.07) is 11.8. The van der Waals surface area contributed by atoms with E-state index in [1.54, 1.807) is 0 Å². The Kier molecular flexibility index (Phi) is 3.37. The highest BCUT2D eigenvalue weighted by molar-refractivity contribution is 7.71. The maximum atomic E-state index is 5.46. The van der Waals surface area contributed by atoms with E-state index in [2.05, 4.69) is 4.98 Å². The van der Waals surface area contributed by atoms with E-state index in [9.17, 15) is 0 Å². The van der Waals surface area contributed by atoms with Crippen LogP contribution in [0, 0.1) is 4.51 Å². The van der Waals surface area contributed by atoms with Crippen LogP contribution < -0.4 is 4.74 Å². The first-order valence-electron chi connectivity index (χ1n) is 5.21. The molecule has 2 aromatic rings. The second-order valence-electron chi connectivity index (χ2n) is 3.40. The minimum absolute atomic E-state index is 0.675. The zero-order chi connectivity index (χ0) is 11.4. The van der Waals surface area contributed by atoms with Gasteiger partial charge in [0.15, 0.2) is 0 Å². The molecule has 3 heteroatoms. The average Bonchev–Trinajstić information content (AvgIpc) is 2.30. The summed E-state index contributed by atoms with van der Waals surface area (Å²) in [5.74, 6) is 0.878. The van der Waals surface area contributed by atoms with Crippen molar-refractivity contribution in [3.8, 4) is 17.0 Å². The quantitative estimate of drug-likeness (QED) is 0.812. The predicted octanol–water partition coefficient (Wildman–Crippen LogP) is 3.81. The summed E-state index contributed by atoms with van der Waals surface area (Å²) in [5, 5.41) is 0. The summed E-state index contributed by atoms with van der Waals surface area (Å²) in [4.78, 5) is 3.17. The lowest BCUT2D eigenvalue weighted by molar-refractivity contribution is 0.340. The predicted molar refractivity (Wildman–Crippen MR) is 68.2 cm³/mol. The topological polar surface area (TPSA) is 25.0 Å². The summed E-state index contributed by atoms with van der Waals surface area (Å²) in [6.45, 7) is 2.65. The number of benzene rings is 1. The summed E-state index contributed by atoms with van der Waals surface area (Å²) in [7, 11) is 0. The van der Waals surface area contributed by atoms with Gasteiger partial charge in [0.1, 0.15) is 5.75 Å². The average molecular weight is 231 g/mol. The van der Waals surface area contributed by atoms with Crippen molar-refractivity contribution in [2.45, 2.75) is 6.92 Å². The Hall–Kier alpha value is -1.61. The second-order valence-corrected chi connectivity index (χ2v) is 3.87. The van der Waals surface area contributed by atoms with Crippen molar-refractivity contribution in [1.82, 2.24) is 4.98 Å². The molecular weight excluding hydrogens is 218 g/mol. The number of nitrogens with one attached hydrogen (secondary N) is 1. The highest BCUT2D eigenvalue weighted by atomic mass is 32.1. The molecule has 0 atom stereocenters. The third kappa shape index (κ3) is 2.49. The second kappa shape index (κ2) is 4.94. The van der Waals surface area contributed by atoms with Gasteiger partial charge in [-0.3, -0.25) is 0 Å². The van der Waals surface area contributed by atoms with Gasteiger partial charge in [0.05, 0.1) is 6.61 Å². The fourth-order valence-corrected chi connectivity index (χ4v) is 1.72. The van der Waals surface area contributed by atoms with Gasteiger partial charge in [-0.2, -0.15) is 0 Å². The summed E-state index contributed by atoms with van der Waals surface area (Å²) < 4.78 is 6.29. The molecule has 16 heavy (non-hydrogen) atoms. The zero-order valence-corrected chi connectivity index (χ0v) is 9.88. The van der Waals surface area contributed by atoms with Crippen molar-refractivity contribution in [1.29, 1.82) is 0 Å². The van der Waals surface area contributed by atoms with Crippen LogP contribution in [0.25, 0.3) is 11.3 Å². The number of hydrogen-bond acceptors (Lipinski definition) is 2. The van der Waals surface area contributed by atoms with E-state index >= 15 is 0 Å². The molecule has 1 aromatic carbocycles. The van der Waals surface area contributed by atoms with Crippen molar-refractivity contribution in [2.75, 3.05) is 6.61 Å². The molecule has 0 radical (unpaired) electrons. The number of aromatic amines is 1. The van der Waals surface area contributed by atoms with Crippen molar-refractivity contribution in [3.63, 3.8) is 0 Å². The Morgan fingerprint density at radius 1 is 1.25 bits per heavy atom. The number of H-pyrrole nitrogens is 1. The van der Waals surface area contributed by atoms with Crippen LogP contribution in [-0.4, -0.2) is 11.6 Å². The molecule has 0 saturated heterocycles. The van der Waals surface area contributed by atoms with E-state index in [0.717, 1.165) is 21.5 Å². The number of pyridine rings is 1. The molecule has 2 rings (SSSR count). The third-order valence-corrected chi connectivity index (χ3v) is 2.48.